The smallest absolute Gasteiger partial charge is 0.124 e. The van der Waals surface area contributed by atoms with E-state index in [1.54, 1.807) is 23.5 Å². The number of thiazole rings is 1. The third-order valence-electron chi connectivity index (χ3n) is 2.74. The lowest BCUT2D eigenvalue weighted by Crippen LogP contribution is -2.11. The van der Waals surface area contributed by atoms with Crippen LogP contribution in [0.4, 0.5) is 0 Å². The molecule has 0 aliphatic heterocycles. The second kappa shape index (κ2) is 5.98. The second-order valence-electron chi connectivity index (χ2n) is 4.07. The Morgan fingerprint density at radius 3 is 2.83 bits per heavy atom. The summed E-state index contributed by atoms with van der Waals surface area (Å²) in [5.74, 6) is 0.286. The molecule has 2 rings (SSSR count). The number of nitrogens with one attached hydrogen (secondary N) is 1. The molecule has 0 spiro atoms. The molecule has 0 saturated heterocycles. The maximum absolute atomic E-state index is 9.51. The van der Waals surface area contributed by atoms with E-state index in [9.17, 15) is 5.11 Å². The van der Waals surface area contributed by atoms with Gasteiger partial charge in [-0.05, 0) is 25.1 Å². The first-order chi connectivity index (χ1) is 8.74. The molecule has 1 heterocycles. The van der Waals surface area contributed by atoms with Crippen LogP contribution >= 0.6 is 11.3 Å². The Bertz CT molecular complexity index is 522. The third-order valence-corrected chi connectivity index (χ3v) is 3.89. The maximum atomic E-state index is 9.51. The molecule has 0 fully saturated rings. The van der Waals surface area contributed by atoms with Crippen molar-refractivity contribution in [2.75, 3.05) is 6.54 Å². The summed E-state index contributed by atoms with van der Waals surface area (Å²) in [6, 6.07) is 7.27. The number of benzene rings is 1. The van der Waals surface area contributed by atoms with Gasteiger partial charge in [-0.2, -0.15) is 0 Å². The molecule has 3 nitrogen and oxygen atoms in total. The molecule has 4 heteroatoms. The summed E-state index contributed by atoms with van der Waals surface area (Å²) < 4.78 is 0. The average molecular weight is 262 g/mol. The first kappa shape index (κ1) is 13.1. The molecule has 0 saturated carbocycles. The van der Waals surface area contributed by atoms with Crippen LogP contribution in [-0.4, -0.2) is 16.6 Å². The number of hydrogen-bond acceptors (Lipinski definition) is 4. The highest BCUT2D eigenvalue weighted by Crippen LogP contribution is 2.30. The van der Waals surface area contributed by atoms with Gasteiger partial charge in [0, 0.05) is 17.0 Å². The van der Waals surface area contributed by atoms with Crippen molar-refractivity contribution in [3.8, 4) is 16.3 Å². The van der Waals surface area contributed by atoms with Gasteiger partial charge in [-0.3, -0.25) is 0 Å². The van der Waals surface area contributed by atoms with E-state index >= 15 is 0 Å². The predicted molar refractivity (Wildman–Crippen MR) is 76.0 cm³/mol. The van der Waals surface area contributed by atoms with Gasteiger partial charge in [0.25, 0.3) is 0 Å². The van der Waals surface area contributed by atoms with Crippen LogP contribution in [0.15, 0.2) is 24.3 Å². The molecule has 0 atom stereocenters. The van der Waals surface area contributed by atoms with E-state index in [0.717, 1.165) is 35.8 Å². The minimum absolute atomic E-state index is 0.286. The fourth-order valence-corrected chi connectivity index (χ4v) is 2.91. The summed E-state index contributed by atoms with van der Waals surface area (Å²) in [6.45, 7) is 6.05. The van der Waals surface area contributed by atoms with Crippen LogP contribution in [0, 0.1) is 0 Å². The molecule has 0 bridgehead atoms. The second-order valence-corrected chi connectivity index (χ2v) is 5.16. The lowest BCUT2D eigenvalue weighted by Gasteiger charge is -1.99. The number of aryl methyl sites for hydroxylation is 1. The van der Waals surface area contributed by atoms with E-state index in [1.165, 1.54) is 4.88 Å². The topological polar surface area (TPSA) is 45.1 Å². The number of hydrogen-bond donors (Lipinski definition) is 2. The predicted octanol–water partition coefficient (Wildman–Crippen LogP) is 3.19. The van der Waals surface area contributed by atoms with E-state index in [-0.39, 0.29) is 5.75 Å². The molecule has 0 aliphatic carbocycles. The Labute approximate surface area is 112 Å². The van der Waals surface area contributed by atoms with Crippen LogP contribution in [0.1, 0.15) is 24.4 Å². The minimum Gasteiger partial charge on any atom is -0.508 e. The first-order valence-corrected chi connectivity index (χ1v) is 7.05. The molecule has 1 aromatic carbocycles. The maximum Gasteiger partial charge on any atom is 0.124 e. The zero-order valence-corrected chi connectivity index (χ0v) is 11.5. The van der Waals surface area contributed by atoms with Gasteiger partial charge in [-0.1, -0.05) is 26.0 Å². The van der Waals surface area contributed by atoms with Crippen LogP contribution in [0.5, 0.6) is 5.75 Å². The van der Waals surface area contributed by atoms with Crippen LogP contribution in [0.25, 0.3) is 10.6 Å². The standard InChI is InChI=1S/C14H18N2OS/c1-3-12-13(9-15-4-2)18-14(16-12)10-6-5-7-11(17)8-10/h5-8,15,17H,3-4,9H2,1-2H3. The normalized spacial score (nSPS) is 10.8. The number of phenols is 1. The van der Waals surface area contributed by atoms with Crippen molar-refractivity contribution in [3.05, 3.63) is 34.8 Å². The molecule has 0 radical (unpaired) electrons. The molecule has 18 heavy (non-hydrogen) atoms. The van der Waals surface area contributed by atoms with Crippen molar-refractivity contribution in [3.63, 3.8) is 0 Å². The number of nitrogens with zero attached hydrogens (tertiary/aromatic N) is 1. The Kier molecular flexibility index (Phi) is 4.33. The zero-order chi connectivity index (χ0) is 13.0. The monoisotopic (exact) mass is 262 g/mol. The molecule has 2 aromatic rings. The number of rotatable bonds is 5. The van der Waals surface area contributed by atoms with E-state index < -0.39 is 0 Å². The molecular formula is C14H18N2OS. The summed E-state index contributed by atoms with van der Waals surface area (Å²) in [6.07, 6.45) is 0.941. The largest absolute Gasteiger partial charge is 0.508 e. The van der Waals surface area contributed by atoms with E-state index in [0.29, 0.717) is 0 Å². The third kappa shape index (κ3) is 2.89. The molecule has 0 unspecified atom stereocenters. The van der Waals surface area contributed by atoms with Crippen molar-refractivity contribution in [2.24, 2.45) is 0 Å². The van der Waals surface area contributed by atoms with Gasteiger partial charge < -0.3 is 10.4 Å². The summed E-state index contributed by atoms with van der Waals surface area (Å²) in [4.78, 5) is 5.95. The van der Waals surface area contributed by atoms with Gasteiger partial charge >= 0.3 is 0 Å². The van der Waals surface area contributed by atoms with E-state index in [1.807, 2.05) is 12.1 Å². The number of phenolic OH excluding ortho intramolecular Hbond substituents is 1. The van der Waals surface area contributed by atoms with Gasteiger partial charge in [0.15, 0.2) is 0 Å². The minimum atomic E-state index is 0.286. The molecule has 2 N–H and O–H groups in total. The Hall–Kier alpha value is -1.39. The SMILES string of the molecule is CCNCc1sc(-c2cccc(O)c2)nc1CC. The van der Waals surface area contributed by atoms with Gasteiger partial charge in [0.05, 0.1) is 5.69 Å². The summed E-state index contributed by atoms with van der Waals surface area (Å²) in [5, 5.41) is 13.8. The van der Waals surface area contributed by atoms with E-state index in [2.05, 4.69) is 24.1 Å². The van der Waals surface area contributed by atoms with Crippen molar-refractivity contribution >= 4 is 11.3 Å². The summed E-state index contributed by atoms with van der Waals surface area (Å²) in [5.41, 5.74) is 2.14. The van der Waals surface area contributed by atoms with Gasteiger partial charge in [-0.15, -0.1) is 11.3 Å². The number of aromatic nitrogens is 1. The Morgan fingerprint density at radius 1 is 1.33 bits per heavy atom. The Morgan fingerprint density at radius 2 is 2.17 bits per heavy atom. The van der Waals surface area contributed by atoms with Crippen molar-refractivity contribution in [1.29, 1.82) is 0 Å². The fourth-order valence-electron chi connectivity index (χ4n) is 1.80. The van der Waals surface area contributed by atoms with Crippen LogP contribution < -0.4 is 5.32 Å². The lowest BCUT2D eigenvalue weighted by atomic mass is 10.2. The molecular weight excluding hydrogens is 244 g/mol. The zero-order valence-electron chi connectivity index (χ0n) is 10.7. The average Bonchev–Trinajstić information content (AvgIpc) is 2.79. The summed E-state index contributed by atoms with van der Waals surface area (Å²) >= 11 is 1.70. The van der Waals surface area contributed by atoms with Gasteiger partial charge in [-0.25, -0.2) is 4.98 Å². The van der Waals surface area contributed by atoms with Crippen LogP contribution in [0.2, 0.25) is 0 Å². The van der Waals surface area contributed by atoms with Crippen molar-refractivity contribution in [1.82, 2.24) is 10.3 Å². The molecule has 0 aliphatic rings. The quantitative estimate of drug-likeness (QED) is 0.870. The van der Waals surface area contributed by atoms with Gasteiger partial charge in [0.1, 0.15) is 10.8 Å². The molecule has 1 aromatic heterocycles. The fraction of sp³-hybridized carbons (Fsp3) is 0.357. The van der Waals surface area contributed by atoms with Crippen molar-refractivity contribution < 1.29 is 5.11 Å². The highest BCUT2D eigenvalue weighted by atomic mass is 32.1. The van der Waals surface area contributed by atoms with Crippen LogP contribution in [-0.2, 0) is 13.0 Å². The highest BCUT2D eigenvalue weighted by molar-refractivity contribution is 7.15. The molecule has 0 amide bonds. The van der Waals surface area contributed by atoms with Crippen molar-refractivity contribution in [2.45, 2.75) is 26.8 Å². The van der Waals surface area contributed by atoms with E-state index in [4.69, 9.17) is 0 Å². The van der Waals surface area contributed by atoms with Gasteiger partial charge in [0.2, 0.25) is 0 Å². The lowest BCUT2D eigenvalue weighted by molar-refractivity contribution is 0.475. The van der Waals surface area contributed by atoms with Crippen LogP contribution in [0.3, 0.4) is 0 Å². The number of aromatic hydroxyl groups is 1. The highest BCUT2D eigenvalue weighted by Gasteiger charge is 2.11. The Balaban J connectivity index is 2.31. The first-order valence-electron chi connectivity index (χ1n) is 6.23. The molecule has 96 valence electrons. The summed E-state index contributed by atoms with van der Waals surface area (Å²) in [7, 11) is 0.